The van der Waals surface area contributed by atoms with Crippen LogP contribution in [0.4, 0.5) is 0 Å². The van der Waals surface area contributed by atoms with Gasteiger partial charge in [-0.15, -0.1) is 0 Å². The Kier molecular flexibility index (Phi) is 8.64. The zero-order chi connectivity index (χ0) is 30.7. The average molecular weight is 597 g/mol. The van der Waals surface area contributed by atoms with Gasteiger partial charge in [-0.05, 0) is 61.9 Å². The number of benzene rings is 3. The van der Waals surface area contributed by atoms with E-state index in [9.17, 15) is 9.59 Å². The van der Waals surface area contributed by atoms with Gasteiger partial charge in [0.2, 0.25) is 0 Å². The van der Waals surface area contributed by atoms with Gasteiger partial charge in [-0.2, -0.15) is 5.26 Å². The van der Waals surface area contributed by atoms with Gasteiger partial charge < -0.3 is 19.1 Å². The molecule has 1 aliphatic heterocycles. The molecule has 9 nitrogen and oxygen atoms in total. The van der Waals surface area contributed by atoms with Crippen molar-refractivity contribution >= 4 is 34.1 Å². The van der Waals surface area contributed by atoms with Crippen LogP contribution in [0.15, 0.2) is 75.7 Å². The number of carbonyl (C=O) groups excluding carboxylic acids is 1. The third-order valence-corrected chi connectivity index (χ3v) is 8.52. The lowest BCUT2D eigenvalue weighted by molar-refractivity contribution is -0.127. The topological polar surface area (TPSA) is 106 Å². The zero-order valence-corrected chi connectivity index (χ0v) is 25.5. The van der Waals surface area contributed by atoms with E-state index in [0.29, 0.717) is 62.1 Å². The molecule has 43 heavy (non-hydrogen) atoms. The fourth-order valence-corrected chi connectivity index (χ4v) is 6.44. The number of allylic oxidation sites excluding steroid dienone is 1. The minimum atomic E-state index is -0.807. The van der Waals surface area contributed by atoms with Crippen LogP contribution in [0.1, 0.15) is 37.9 Å². The van der Waals surface area contributed by atoms with Crippen LogP contribution >= 0.6 is 11.3 Å². The molecule has 0 spiro atoms. The molecule has 2 heterocycles. The molecule has 1 aromatic heterocycles. The van der Waals surface area contributed by atoms with Gasteiger partial charge >= 0.3 is 0 Å². The fourth-order valence-electron chi connectivity index (χ4n) is 5.42. The molecule has 3 aromatic carbocycles. The van der Waals surface area contributed by atoms with E-state index in [1.165, 1.54) is 11.3 Å². The molecule has 220 valence electrons. The van der Waals surface area contributed by atoms with Crippen molar-refractivity contribution in [2.24, 2.45) is 4.99 Å². The number of likely N-dealkylation sites (N-methyl/N-ethyl adjacent to an activating group) is 1. The van der Waals surface area contributed by atoms with Gasteiger partial charge in [0, 0.05) is 24.2 Å². The van der Waals surface area contributed by atoms with Gasteiger partial charge in [-0.25, -0.2) is 4.99 Å². The van der Waals surface area contributed by atoms with Crippen LogP contribution in [-0.4, -0.2) is 49.3 Å². The molecule has 0 aliphatic carbocycles. The van der Waals surface area contributed by atoms with E-state index >= 15 is 0 Å². The first kappa shape index (κ1) is 29.6. The van der Waals surface area contributed by atoms with E-state index in [2.05, 4.69) is 0 Å². The Morgan fingerprint density at radius 1 is 1.09 bits per heavy atom. The highest BCUT2D eigenvalue weighted by Gasteiger charge is 2.36. The largest absolute Gasteiger partial charge is 0.497 e. The summed E-state index contributed by atoms with van der Waals surface area (Å²) in [6.07, 6.45) is 1.78. The number of thiazole rings is 1. The molecule has 0 saturated carbocycles. The Hall–Kier alpha value is -4.88. The van der Waals surface area contributed by atoms with Crippen molar-refractivity contribution < 1.29 is 19.0 Å². The quantitative estimate of drug-likeness (QED) is 0.287. The molecular weight excluding hydrogens is 564 g/mol. The lowest BCUT2D eigenvalue weighted by Gasteiger charge is -2.30. The second-order valence-electron chi connectivity index (χ2n) is 9.81. The summed E-state index contributed by atoms with van der Waals surface area (Å²) in [6.45, 7) is 6.52. The van der Waals surface area contributed by atoms with Crippen LogP contribution in [0.5, 0.6) is 17.2 Å². The summed E-state index contributed by atoms with van der Waals surface area (Å²) in [5.41, 5.74) is 1.92. The maximum absolute atomic E-state index is 14.4. The Morgan fingerprint density at radius 2 is 1.84 bits per heavy atom. The Balaban J connectivity index is 1.82. The number of hydrogen-bond acceptors (Lipinski definition) is 8. The van der Waals surface area contributed by atoms with Crippen molar-refractivity contribution in [3.8, 4) is 23.3 Å². The Bertz CT molecular complexity index is 1960. The SMILES string of the molecule is CCN(CC)C(=O)C1=C(C)N=c2s/c(=C/c3c(OCC#N)ccc4ccccc34)c(=O)n2[C@@H]1c1cc(OC)ccc1OC. The monoisotopic (exact) mass is 596 g/mol. The number of nitriles is 1. The summed E-state index contributed by atoms with van der Waals surface area (Å²) in [5.74, 6) is 1.38. The van der Waals surface area contributed by atoms with Crippen molar-refractivity contribution in [2.75, 3.05) is 33.9 Å². The molecule has 0 N–H and O–H groups in total. The van der Waals surface area contributed by atoms with Crippen molar-refractivity contribution in [3.05, 3.63) is 96.7 Å². The predicted octanol–water partition coefficient (Wildman–Crippen LogP) is 4.18. The molecule has 5 rings (SSSR count). The highest BCUT2D eigenvalue weighted by Crippen LogP contribution is 2.38. The molecule has 0 radical (unpaired) electrons. The third-order valence-electron chi connectivity index (χ3n) is 7.53. The highest BCUT2D eigenvalue weighted by atomic mass is 32.1. The molecule has 0 bridgehead atoms. The van der Waals surface area contributed by atoms with Crippen molar-refractivity contribution in [1.29, 1.82) is 5.26 Å². The Morgan fingerprint density at radius 3 is 2.53 bits per heavy atom. The number of methoxy groups -OCH3 is 2. The van der Waals surface area contributed by atoms with E-state index < -0.39 is 6.04 Å². The van der Waals surface area contributed by atoms with Gasteiger partial charge in [0.1, 0.15) is 29.4 Å². The molecule has 0 fully saturated rings. The van der Waals surface area contributed by atoms with Crippen LogP contribution in [0.3, 0.4) is 0 Å². The molecule has 1 atom stereocenters. The van der Waals surface area contributed by atoms with E-state index in [-0.39, 0.29) is 18.1 Å². The average Bonchev–Trinajstić information content (AvgIpc) is 3.33. The molecule has 0 saturated heterocycles. The van der Waals surface area contributed by atoms with Gasteiger partial charge in [0.05, 0.1) is 30.0 Å². The van der Waals surface area contributed by atoms with Gasteiger partial charge in [0.25, 0.3) is 11.5 Å². The number of fused-ring (bicyclic) bond motifs is 2. The molecule has 10 heteroatoms. The van der Waals surface area contributed by atoms with Gasteiger partial charge in [-0.1, -0.05) is 41.7 Å². The molecule has 1 amide bonds. The molecule has 1 aliphatic rings. The van der Waals surface area contributed by atoms with Gasteiger partial charge in [0.15, 0.2) is 11.4 Å². The maximum Gasteiger partial charge on any atom is 0.271 e. The number of aromatic nitrogens is 1. The lowest BCUT2D eigenvalue weighted by atomic mass is 9.93. The van der Waals surface area contributed by atoms with Crippen LogP contribution < -0.4 is 29.1 Å². The zero-order valence-electron chi connectivity index (χ0n) is 24.7. The molecular formula is C33H32N4O5S. The van der Waals surface area contributed by atoms with E-state index in [1.54, 1.807) is 61.0 Å². The number of carbonyl (C=O) groups is 1. The van der Waals surface area contributed by atoms with E-state index in [4.69, 9.17) is 24.5 Å². The lowest BCUT2D eigenvalue weighted by Crippen LogP contribution is -2.43. The van der Waals surface area contributed by atoms with Crippen LogP contribution in [0.2, 0.25) is 0 Å². The summed E-state index contributed by atoms with van der Waals surface area (Å²) in [5, 5.41) is 11.0. The van der Waals surface area contributed by atoms with Crippen molar-refractivity contribution in [1.82, 2.24) is 9.47 Å². The molecule has 4 aromatic rings. The summed E-state index contributed by atoms with van der Waals surface area (Å²) < 4.78 is 19.0. The molecule has 0 unspecified atom stereocenters. The minimum absolute atomic E-state index is 0.133. The first-order valence-electron chi connectivity index (χ1n) is 13.9. The number of rotatable bonds is 9. The van der Waals surface area contributed by atoms with E-state index in [0.717, 1.165) is 10.8 Å². The second-order valence-corrected chi connectivity index (χ2v) is 10.8. The Labute approximate surface area is 253 Å². The normalized spacial score (nSPS) is 14.6. The smallest absolute Gasteiger partial charge is 0.271 e. The summed E-state index contributed by atoms with van der Waals surface area (Å²) in [7, 11) is 3.12. The second kappa shape index (κ2) is 12.5. The summed E-state index contributed by atoms with van der Waals surface area (Å²) in [4.78, 5) is 35.3. The van der Waals surface area contributed by atoms with Crippen LogP contribution in [0.25, 0.3) is 16.8 Å². The van der Waals surface area contributed by atoms with Gasteiger partial charge in [-0.3, -0.25) is 14.2 Å². The first-order chi connectivity index (χ1) is 20.9. The number of nitrogens with zero attached hydrogens (tertiary/aromatic N) is 4. The van der Waals surface area contributed by atoms with Crippen molar-refractivity contribution in [3.63, 3.8) is 0 Å². The number of amides is 1. The van der Waals surface area contributed by atoms with E-state index in [1.807, 2.05) is 50.2 Å². The summed E-state index contributed by atoms with van der Waals surface area (Å²) in [6, 6.07) is 18.1. The van der Waals surface area contributed by atoms with Crippen LogP contribution in [0, 0.1) is 11.3 Å². The van der Waals surface area contributed by atoms with Crippen LogP contribution in [-0.2, 0) is 4.79 Å². The number of hydrogen-bond donors (Lipinski definition) is 0. The highest BCUT2D eigenvalue weighted by molar-refractivity contribution is 7.07. The third kappa shape index (κ3) is 5.40. The number of ether oxygens (including phenoxy) is 3. The fraction of sp³-hybridized carbons (Fsp3) is 0.273. The predicted molar refractivity (Wildman–Crippen MR) is 166 cm³/mol. The van der Waals surface area contributed by atoms with Crippen molar-refractivity contribution in [2.45, 2.75) is 26.8 Å². The maximum atomic E-state index is 14.4. The standard InChI is InChI=1S/C33H32N4O5S/c1-6-36(7-2)32(39)29-20(3)35-33-37(30(29)25-18-22(40-4)13-15-26(25)41-5)31(38)28(43-33)19-24-23-11-9-8-10-21(23)12-14-27(24)42-17-16-34/h8-15,18-19,30H,6-7,17H2,1-5H3/b28-19+/t30-/m1/s1. The minimum Gasteiger partial charge on any atom is -0.497 e. The summed E-state index contributed by atoms with van der Waals surface area (Å²) >= 11 is 1.23. The first-order valence-corrected chi connectivity index (χ1v) is 14.7.